The molecule has 0 aromatic carbocycles. The molecule has 0 saturated carbocycles. The fourth-order valence-corrected chi connectivity index (χ4v) is 1.23. The van der Waals surface area contributed by atoms with E-state index < -0.39 is 17.6 Å². The molecule has 0 aliphatic rings. The Hall–Kier alpha value is -1.72. The Morgan fingerprint density at radius 1 is 1.44 bits per heavy atom. The van der Waals surface area contributed by atoms with Crippen LogP contribution in [0.15, 0.2) is 18.3 Å². The van der Waals surface area contributed by atoms with Gasteiger partial charge < -0.3 is 9.47 Å². The molecule has 0 atom stereocenters. The molecule has 0 amide bonds. The Labute approximate surface area is 104 Å². The summed E-state index contributed by atoms with van der Waals surface area (Å²) in [7, 11) is 0. The van der Waals surface area contributed by atoms with Gasteiger partial charge in [0.2, 0.25) is 0 Å². The molecular weight excluding hydrogens is 244 g/mol. The van der Waals surface area contributed by atoms with Gasteiger partial charge in [-0.2, -0.15) is 8.78 Å². The third-order valence-electron chi connectivity index (χ3n) is 1.96. The van der Waals surface area contributed by atoms with Crippen LogP contribution in [0.3, 0.4) is 0 Å². The molecule has 0 saturated heterocycles. The van der Waals surface area contributed by atoms with E-state index >= 15 is 0 Å². The largest absolute Gasteiger partial charge is 0.489 e. The first kappa shape index (κ1) is 14.3. The van der Waals surface area contributed by atoms with Gasteiger partial charge in [0.05, 0.1) is 18.9 Å². The number of alkyl halides is 2. The standard InChI is InChI=1S/C12H15F2NO3/c1-4-17-11(16)12(13,14)10-6-5-9(7-15-10)18-8(2)3/h5-8H,4H2,1-3H3. The molecule has 0 radical (unpaired) electrons. The zero-order valence-corrected chi connectivity index (χ0v) is 10.4. The van der Waals surface area contributed by atoms with Crippen LogP contribution in [-0.4, -0.2) is 23.7 Å². The zero-order chi connectivity index (χ0) is 13.8. The number of ether oxygens (including phenoxy) is 2. The Morgan fingerprint density at radius 2 is 2.11 bits per heavy atom. The molecule has 0 aliphatic heterocycles. The van der Waals surface area contributed by atoms with Crippen molar-refractivity contribution in [2.24, 2.45) is 0 Å². The average Bonchev–Trinajstić information content (AvgIpc) is 2.29. The normalized spacial score (nSPS) is 11.4. The van der Waals surface area contributed by atoms with Crippen LogP contribution in [-0.2, 0) is 15.5 Å². The number of pyridine rings is 1. The van der Waals surface area contributed by atoms with Crippen molar-refractivity contribution in [1.29, 1.82) is 0 Å². The fraction of sp³-hybridized carbons (Fsp3) is 0.500. The van der Waals surface area contributed by atoms with E-state index in [1.165, 1.54) is 13.0 Å². The van der Waals surface area contributed by atoms with E-state index in [4.69, 9.17) is 4.74 Å². The molecular formula is C12H15F2NO3. The highest BCUT2D eigenvalue weighted by molar-refractivity contribution is 5.78. The molecule has 0 bridgehead atoms. The van der Waals surface area contributed by atoms with Crippen molar-refractivity contribution >= 4 is 5.97 Å². The minimum Gasteiger partial charge on any atom is -0.489 e. The van der Waals surface area contributed by atoms with E-state index in [0.717, 1.165) is 12.3 Å². The first-order valence-corrected chi connectivity index (χ1v) is 5.56. The summed E-state index contributed by atoms with van der Waals surface area (Å²) in [6, 6.07) is 2.39. The second-order valence-corrected chi connectivity index (χ2v) is 3.84. The molecule has 1 aromatic rings. The van der Waals surface area contributed by atoms with Gasteiger partial charge >= 0.3 is 11.9 Å². The third-order valence-corrected chi connectivity index (χ3v) is 1.96. The van der Waals surface area contributed by atoms with Gasteiger partial charge in [-0.15, -0.1) is 0 Å². The predicted octanol–water partition coefficient (Wildman–Crippen LogP) is 2.52. The Balaban J connectivity index is 2.86. The van der Waals surface area contributed by atoms with Gasteiger partial charge in [-0.05, 0) is 32.9 Å². The number of nitrogens with zero attached hydrogens (tertiary/aromatic N) is 1. The molecule has 0 N–H and O–H groups in total. The number of esters is 1. The van der Waals surface area contributed by atoms with E-state index in [1.807, 2.05) is 0 Å². The lowest BCUT2D eigenvalue weighted by molar-refractivity contribution is -0.173. The van der Waals surface area contributed by atoms with E-state index in [0.29, 0.717) is 5.75 Å². The molecule has 0 fully saturated rings. The fourth-order valence-electron chi connectivity index (χ4n) is 1.23. The first-order valence-electron chi connectivity index (χ1n) is 5.56. The topological polar surface area (TPSA) is 48.4 Å². The van der Waals surface area contributed by atoms with Crippen molar-refractivity contribution in [1.82, 2.24) is 4.98 Å². The van der Waals surface area contributed by atoms with Gasteiger partial charge in [-0.3, -0.25) is 4.98 Å². The SMILES string of the molecule is CCOC(=O)C(F)(F)c1ccc(OC(C)C)cn1. The number of hydrogen-bond donors (Lipinski definition) is 0. The van der Waals surface area contributed by atoms with Crippen LogP contribution in [0, 0.1) is 0 Å². The molecule has 4 nitrogen and oxygen atoms in total. The van der Waals surface area contributed by atoms with Crippen LogP contribution in [0.25, 0.3) is 0 Å². The molecule has 6 heteroatoms. The lowest BCUT2D eigenvalue weighted by Crippen LogP contribution is -2.29. The maximum absolute atomic E-state index is 13.6. The highest BCUT2D eigenvalue weighted by Gasteiger charge is 2.44. The van der Waals surface area contributed by atoms with E-state index in [2.05, 4.69) is 9.72 Å². The molecule has 1 heterocycles. The Kier molecular flexibility index (Phi) is 4.58. The maximum Gasteiger partial charge on any atom is 0.384 e. The monoisotopic (exact) mass is 259 g/mol. The lowest BCUT2D eigenvalue weighted by Gasteiger charge is -2.15. The van der Waals surface area contributed by atoms with Crippen LogP contribution in [0.4, 0.5) is 8.78 Å². The Morgan fingerprint density at radius 3 is 2.56 bits per heavy atom. The van der Waals surface area contributed by atoms with Crippen molar-refractivity contribution in [3.63, 3.8) is 0 Å². The summed E-state index contributed by atoms with van der Waals surface area (Å²) < 4.78 is 36.7. The second kappa shape index (κ2) is 5.75. The number of carbonyl (C=O) groups excluding carboxylic acids is 1. The average molecular weight is 259 g/mol. The minimum absolute atomic E-state index is 0.0804. The summed E-state index contributed by atoms with van der Waals surface area (Å²) in [6.07, 6.45) is 1.07. The number of aromatic nitrogens is 1. The van der Waals surface area contributed by atoms with Gasteiger partial charge in [-0.25, -0.2) is 4.79 Å². The minimum atomic E-state index is -3.74. The number of rotatable bonds is 5. The van der Waals surface area contributed by atoms with E-state index in [9.17, 15) is 13.6 Å². The predicted molar refractivity (Wildman–Crippen MR) is 60.5 cm³/mol. The number of halogens is 2. The Bertz CT molecular complexity index is 404. The first-order chi connectivity index (χ1) is 8.37. The smallest absolute Gasteiger partial charge is 0.384 e. The summed E-state index contributed by atoms with van der Waals surface area (Å²) in [5.74, 6) is -4.98. The van der Waals surface area contributed by atoms with Crippen molar-refractivity contribution in [2.45, 2.75) is 32.8 Å². The van der Waals surface area contributed by atoms with E-state index in [-0.39, 0.29) is 12.7 Å². The third kappa shape index (κ3) is 3.38. The van der Waals surface area contributed by atoms with Crippen LogP contribution >= 0.6 is 0 Å². The van der Waals surface area contributed by atoms with Crippen LogP contribution in [0.1, 0.15) is 26.5 Å². The van der Waals surface area contributed by atoms with Gasteiger partial charge in [0, 0.05) is 0 Å². The summed E-state index contributed by atoms with van der Waals surface area (Å²) in [5.41, 5.74) is -0.656. The van der Waals surface area contributed by atoms with Crippen molar-refractivity contribution in [3.05, 3.63) is 24.0 Å². The van der Waals surface area contributed by atoms with Crippen molar-refractivity contribution < 1.29 is 23.0 Å². The molecule has 100 valence electrons. The molecule has 0 unspecified atom stereocenters. The highest BCUT2D eigenvalue weighted by Crippen LogP contribution is 2.28. The molecule has 1 aromatic heterocycles. The summed E-state index contributed by atoms with van der Waals surface area (Å²) in [5, 5.41) is 0. The maximum atomic E-state index is 13.6. The molecule has 0 aliphatic carbocycles. The summed E-state index contributed by atoms with van der Waals surface area (Å²) in [4.78, 5) is 14.6. The van der Waals surface area contributed by atoms with Gasteiger partial charge in [0.25, 0.3) is 0 Å². The summed E-state index contributed by atoms with van der Waals surface area (Å²) in [6.45, 7) is 4.96. The molecule has 0 spiro atoms. The molecule has 1 rings (SSSR count). The summed E-state index contributed by atoms with van der Waals surface area (Å²) >= 11 is 0. The van der Waals surface area contributed by atoms with Gasteiger partial charge in [0.1, 0.15) is 11.4 Å². The van der Waals surface area contributed by atoms with Gasteiger partial charge in [0.15, 0.2) is 0 Å². The quantitative estimate of drug-likeness (QED) is 0.762. The number of carbonyl (C=O) groups is 1. The van der Waals surface area contributed by atoms with Crippen LogP contribution in [0.5, 0.6) is 5.75 Å². The van der Waals surface area contributed by atoms with Crippen LogP contribution < -0.4 is 4.74 Å². The zero-order valence-electron chi connectivity index (χ0n) is 10.4. The molecule has 18 heavy (non-hydrogen) atoms. The second-order valence-electron chi connectivity index (χ2n) is 3.84. The highest BCUT2D eigenvalue weighted by atomic mass is 19.3. The van der Waals surface area contributed by atoms with Crippen molar-refractivity contribution in [3.8, 4) is 5.75 Å². The van der Waals surface area contributed by atoms with Gasteiger partial charge in [-0.1, -0.05) is 0 Å². The lowest BCUT2D eigenvalue weighted by atomic mass is 10.2. The van der Waals surface area contributed by atoms with E-state index in [1.54, 1.807) is 13.8 Å². The number of hydrogen-bond acceptors (Lipinski definition) is 4. The van der Waals surface area contributed by atoms with Crippen molar-refractivity contribution in [2.75, 3.05) is 6.61 Å². The van der Waals surface area contributed by atoms with Crippen LogP contribution in [0.2, 0.25) is 0 Å².